The van der Waals surface area contributed by atoms with E-state index in [1.54, 1.807) is 0 Å². The summed E-state index contributed by atoms with van der Waals surface area (Å²) in [4.78, 5) is 12.2. The van der Waals surface area contributed by atoms with E-state index in [1.165, 1.54) is 0 Å². The molecule has 0 unspecified atom stereocenters. The fourth-order valence-corrected chi connectivity index (χ4v) is 2.88. The van der Waals surface area contributed by atoms with Crippen LogP contribution < -0.4 is 0 Å². The van der Waals surface area contributed by atoms with E-state index < -0.39 is 0 Å². The van der Waals surface area contributed by atoms with Crippen LogP contribution in [0.3, 0.4) is 0 Å². The van der Waals surface area contributed by atoms with E-state index in [4.69, 9.17) is 0 Å². The normalized spacial score (nSPS) is 15.9. The van der Waals surface area contributed by atoms with Crippen LogP contribution in [-0.4, -0.2) is 5.78 Å². The second kappa shape index (κ2) is 4.62. The zero-order chi connectivity index (χ0) is 10.8. The summed E-state index contributed by atoms with van der Waals surface area (Å²) in [5.74, 6) is 0.145. The highest BCUT2D eigenvalue weighted by atomic mass is 79.9. The molecule has 78 valence electrons. The second-order valence-electron chi connectivity index (χ2n) is 3.55. The summed E-state index contributed by atoms with van der Waals surface area (Å²) in [6.45, 7) is 0. The van der Waals surface area contributed by atoms with Gasteiger partial charge in [0.25, 0.3) is 0 Å². The SMILES string of the molecule is O=C(C1=C(Br)CCC1)c1ccccc1Br. The van der Waals surface area contributed by atoms with Crippen molar-refractivity contribution in [1.29, 1.82) is 0 Å². The highest BCUT2D eigenvalue weighted by molar-refractivity contribution is 9.11. The molecule has 0 saturated carbocycles. The number of ketones is 1. The van der Waals surface area contributed by atoms with Crippen LogP contribution in [0.2, 0.25) is 0 Å². The molecule has 0 saturated heterocycles. The fraction of sp³-hybridized carbons (Fsp3) is 0.250. The lowest BCUT2D eigenvalue weighted by molar-refractivity contribution is 0.103. The first-order valence-corrected chi connectivity index (χ1v) is 6.45. The van der Waals surface area contributed by atoms with E-state index in [-0.39, 0.29) is 5.78 Å². The summed E-state index contributed by atoms with van der Waals surface area (Å²) in [5, 5.41) is 0. The van der Waals surface area contributed by atoms with Crippen molar-refractivity contribution in [3.63, 3.8) is 0 Å². The van der Waals surface area contributed by atoms with Gasteiger partial charge in [0, 0.05) is 20.1 Å². The maximum Gasteiger partial charge on any atom is 0.190 e. The van der Waals surface area contributed by atoms with Gasteiger partial charge >= 0.3 is 0 Å². The number of hydrogen-bond acceptors (Lipinski definition) is 1. The summed E-state index contributed by atoms with van der Waals surface area (Å²) in [6.07, 6.45) is 2.96. The fourth-order valence-electron chi connectivity index (χ4n) is 1.75. The van der Waals surface area contributed by atoms with Gasteiger partial charge in [0.15, 0.2) is 5.78 Å². The molecule has 0 spiro atoms. The standard InChI is InChI=1S/C12H10Br2O/c13-10-6-2-1-4-8(10)12(15)9-5-3-7-11(9)14/h1-2,4,6H,3,5,7H2. The van der Waals surface area contributed by atoms with Gasteiger partial charge in [0.2, 0.25) is 0 Å². The average molecular weight is 330 g/mol. The van der Waals surface area contributed by atoms with Gasteiger partial charge in [-0.25, -0.2) is 0 Å². The maximum absolute atomic E-state index is 12.2. The van der Waals surface area contributed by atoms with Gasteiger partial charge in [-0.3, -0.25) is 4.79 Å². The predicted octanol–water partition coefficient (Wildman–Crippen LogP) is 4.46. The monoisotopic (exact) mass is 328 g/mol. The summed E-state index contributed by atoms with van der Waals surface area (Å²) >= 11 is 6.88. The third-order valence-corrected chi connectivity index (χ3v) is 4.11. The van der Waals surface area contributed by atoms with Gasteiger partial charge in [-0.15, -0.1) is 0 Å². The number of carbonyl (C=O) groups excluding carboxylic acids is 1. The molecule has 15 heavy (non-hydrogen) atoms. The van der Waals surface area contributed by atoms with Gasteiger partial charge in [-0.05, 0) is 31.4 Å². The quantitative estimate of drug-likeness (QED) is 0.732. The van der Waals surface area contributed by atoms with Crippen molar-refractivity contribution in [1.82, 2.24) is 0 Å². The predicted molar refractivity (Wildman–Crippen MR) is 68.3 cm³/mol. The van der Waals surface area contributed by atoms with Crippen molar-refractivity contribution >= 4 is 37.6 Å². The summed E-state index contributed by atoms with van der Waals surface area (Å²) in [6, 6.07) is 7.56. The molecule has 1 aliphatic carbocycles. The summed E-state index contributed by atoms with van der Waals surface area (Å²) in [5.41, 5.74) is 1.69. The zero-order valence-corrected chi connectivity index (χ0v) is 11.3. The van der Waals surface area contributed by atoms with Crippen molar-refractivity contribution in [2.24, 2.45) is 0 Å². The number of carbonyl (C=O) groups is 1. The van der Waals surface area contributed by atoms with Crippen molar-refractivity contribution in [2.75, 3.05) is 0 Å². The lowest BCUT2D eigenvalue weighted by Gasteiger charge is -2.04. The molecule has 1 aromatic carbocycles. The Balaban J connectivity index is 2.37. The molecule has 0 N–H and O–H groups in total. The van der Waals surface area contributed by atoms with E-state index in [2.05, 4.69) is 31.9 Å². The van der Waals surface area contributed by atoms with E-state index in [9.17, 15) is 4.79 Å². The minimum Gasteiger partial charge on any atom is -0.289 e. The van der Waals surface area contributed by atoms with Gasteiger partial charge < -0.3 is 0 Å². The highest BCUT2D eigenvalue weighted by Gasteiger charge is 2.21. The molecule has 1 aromatic rings. The molecule has 0 fully saturated rings. The Hall–Kier alpha value is -0.410. The molecular weight excluding hydrogens is 320 g/mol. The first-order valence-electron chi connectivity index (χ1n) is 4.87. The van der Waals surface area contributed by atoms with Gasteiger partial charge in [0.1, 0.15) is 0 Å². The van der Waals surface area contributed by atoms with Crippen molar-refractivity contribution in [3.05, 3.63) is 44.4 Å². The lowest BCUT2D eigenvalue weighted by Crippen LogP contribution is -2.03. The van der Waals surface area contributed by atoms with Crippen molar-refractivity contribution in [3.8, 4) is 0 Å². The number of allylic oxidation sites excluding steroid dienone is 2. The molecule has 0 heterocycles. The van der Waals surface area contributed by atoms with Crippen LogP contribution in [0, 0.1) is 0 Å². The number of hydrogen-bond donors (Lipinski definition) is 0. The smallest absolute Gasteiger partial charge is 0.190 e. The van der Waals surface area contributed by atoms with Crippen LogP contribution >= 0.6 is 31.9 Å². The second-order valence-corrected chi connectivity index (χ2v) is 5.36. The third-order valence-electron chi connectivity index (χ3n) is 2.54. The largest absolute Gasteiger partial charge is 0.289 e. The van der Waals surface area contributed by atoms with E-state index in [0.717, 1.165) is 39.4 Å². The first kappa shape index (κ1) is 11.1. The molecule has 0 aliphatic heterocycles. The van der Waals surface area contributed by atoms with Crippen LogP contribution in [0.1, 0.15) is 29.6 Å². The average Bonchev–Trinajstić information content (AvgIpc) is 2.64. The van der Waals surface area contributed by atoms with Crippen LogP contribution in [0.4, 0.5) is 0 Å². The zero-order valence-electron chi connectivity index (χ0n) is 8.09. The molecule has 0 atom stereocenters. The number of rotatable bonds is 2. The molecule has 0 amide bonds. The molecular formula is C12H10Br2O. The van der Waals surface area contributed by atoms with Gasteiger partial charge in [-0.1, -0.05) is 44.0 Å². The van der Waals surface area contributed by atoms with E-state index in [0.29, 0.717) is 0 Å². The Kier molecular flexibility index (Phi) is 3.42. The Morgan fingerprint density at radius 1 is 1.13 bits per heavy atom. The number of halogens is 2. The highest BCUT2D eigenvalue weighted by Crippen LogP contribution is 2.33. The molecule has 0 bridgehead atoms. The van der Waals surface area contributed by atoms with Gasteiger partial charge in [0.05, 0.1) is 0 Å². The first-order chi connectivity index (χ1) is 7.20. The Bertz CT molecular complexity index is 435. The molecule has 1 nitrogen and oxygen atoms in total. The Labute approximate surface area is 106 Å². The lowest BCUT2D eigenvalue weighted by atomic mass is 10.0. The van der Waals surface area contributed by atoms with Crippen molar-refractivity contribution < 1.29 is 4.79 Å². The Morgan fingerprint density at radius 3 is 2.47 bits per heavy atom. The summed E-state index contributed by atoms with van der Waals surface area (Å²) < 4.78 is 1.94. The van der Waals surface area contributed by atoms with Crippen LogP contribution in [0.5, 0.6) is 0 Å². The number of Topliss-reactive ketones (excluding diaryl/α,β-unsaturated/α-hetero) is 1. The maximum atomic E-state index is 12.2. The molecule has 0 radical (unpaired) electrons. The molecule has 0 aromatic heterocycles. The summed E-state index contributed by atoms with van der Waals surface area (Å²) in [7, 11) is 0. The number of benzene rings is 1. The Morgan fingerprint density at radius 2 is 1.87 bits per heavy atom. The molecule has 3 heteroatoms. The van der Waals surface area contributed by atoms with Crippen LogP contribution in [0.15, 0.2) is 38.8 Å². The molecule has 1 aliphatic rings. The topological polar surface area (TPSA) is 17.1 Å². The van der Waals surface area contributed by atoms with E-state index >= 15 is 0 Å². The molecule has 2 rings (SSSR count). The van der Waals surface area contributed by atoms with Crippen LogP contribution in [0.25, 0.3) is 0 Å². The minimum absolute atomic E-state index is 0.145. The van der Waals surface area contributed by atoms with E-state index in [1.807, 2.05) is 24.3 Å². The van der Waals surface area contributed by atoms with Crippen molar-refractivity contribution in [2.45, 2.75) is 19.3 Å². The van der Waals surface area contributed by atoms with Crippen LogP contribution in [-0.2, 0) is 0 Å². The minimum atomic E-state index is 0.145. The van der Waals surface area contributed by atoms with Gasteiger partial charge in [-0.2, -0.15) is 0 Å². The third kappa shape index (κ3) is 2.23.